The summed E-state index contributed by atoms with van der Waals surface area (Å²) in [5, 5.41) is 3.60. The van der Waals surface area contributed by atoms with Crippen molar-refractivity contribution in [2.45, 2.75) is 58.1 Å². The van der Waals surface area contributed by atoms with Gasteiger partial charge in [-0.25, -0.2) is 0 Å². The van der Waals surface area contributed by atoms with Gasteiger partial charge in [0.2, 0.25) is 0 Å². The lowest BCUT2D eigenvalue weighted by Gasteiger charge is -2.22. The van der Waals surface area contributed by atoms with Crippen LogP contribution in [0.1, 0.15) is 56.7 Å². The van der Waals surface area contributed by atoms with Crippen LogP contribution in [0.25, 0.3) is 0 Å². The van der Waals surface area contributed by atoms with Crippen LogP contribution in [0.5, 0.6) is 0 Å². The van der Waals surface area contributed by atoms with E-state index in [0.717, 1.165) is 19.6 Å². The minimum absolute atomic E-state index is 0.434. The maximum atomic E-state index is 5.77. The molecule has 2 nitrogen and oxygen atoms in total. The van der Waals surface area contributed by atoms with Crippen LogP contribution in [-0.2, 0) is 11.2 Å². The van der Waals surface area contributed by atoms with Crippen molar-refractivity contribution in [1.82, 2.24) is 5.32 Å². The summed E-state index contributed by atoms with van der Waals surface area (Å²) in [4.78, 5) is 0. The van der Waals surface area contributed by atoms with Crippen LogP contribution in [0, 0.1) is 0 Å². The van der Waals surface area contributed by atoms with Crippen LogP contribution < -0.4 is 5.32 Å². The number of rotatable bonds is 7. The van der Waals surface area contributed by atoms with E-state index >= 15 is 0 Å². The number of benzene rings is 1. The van der Waals surface area contributed by atoms with Gasteiger partial charge in [-0.1, -0.05) is 44.5 Å². The summed E-state index contributed by atoms with van der Waals surface area (Å²) < 4.78 is 5.77. The SMILES string of the molecule is CCCc1ccc(C(CC2CCCO2)NCC)cc1. The fraction of sp³-hybridized carbons (Fsp3) is 0.647. The van der Waals surface area contributed by atoms with Crippen LogP contribution in [0.2, 0.25) is 0 Å². The highest BCUT2D eigenvalue weighted by Crippen LogP contribution is 2.25. The largest absolute Gasteiger partial charge is 0.378 e. The molecule has 2 atom stereocenters. The van der Waals surface area contributed by atoms with E-state index in [0.29, 0.717) is 12.1 Å². The Morgan fingerprint density at radius 1 is 1.26 bits per heavy atom. The zero-order valence-corrected chi connectivity index (χ0v) is 12.3. The number of aryl methyl sites for hydroxylation is 1. The van der Waals surface area contributed by atoms with Crippen molar-refractivity contribution >= 4 is 0 Å². The molecule has 0 aromatic heterocycles. The third-order valence-electron chi connectivity index (χ3n) is 3.89. The molecule has 1 fully saturated rings. The maximum absolute atomic E-state index is 5.77. The standard InChI is InChI=1S/C17H27NO/c1-3-6-14-8-10-15(11-9-14)17(18-4-2)13-16-7-5-12-19-16/h8-11,16-18H,3-7,12-13H2,1-2H3. The molecule has 1 aliphatic rings. The molecule has 0 saturated carbocycles. The molecule has 2 heteroatoms. The van der Waals surface area contributed by atoms with Crippen molar-refractivity contribution in [2.24, 2.45) is 0 Å². The van der Waals surface area contributed by atoms with Crippen LogP contribution in [0.15, 0.2) is 24.3 Å². The van der Waals surface area contributed by atoms with Gasteiger partial charge in [-0.05, 0) is 43.4 Å². The van der Waals surface area contributed by atoms with E-state index in [1.807, 2.05) is 0 Å². The maximum Gasteiger partial charge on any atom is 0.0594 e. The Morgan fingerprint density at radius 3 is 2.63 bits per heavy atom. The fourth-order valence-corrected chi connectivity index (χ4v) is 2.88. The molecule has 1 aromatic carbocycles. The smallest absolute Gasteiger partial charge is 0.0594 e. The Hall–Kier alpha value is -0.860. The van der Waals surface area contributed by atoms with Gasteiger partial charge in [0, 0.05) is 12.6 Å². The third kappa shape index (κ3) is 4.32. The van der Waals surface area contributed by atoms with E-state index in [1.165, 1.54) is 36.8 Å². The highest BCUT2D eigenvalue weighted by Gasteiger charge is 2.21. The minimum Gasteiger partial charge on any atom is -0.378 e. The van der Waals surface area contributed by atoms with Gasteiger partial charge in [0.15, 0.2) is 0 Å². The van der Waals surface area contributed by atoms with Crippen LogP contribution in [-0.4, -0.2) is 19.3 Å². The van der Waals surface area contributed by atoms with E-state index in [-0.39, 0.29) is 0 Å². The summed E-state index contributed by atoms with van der Waals surface area (Å²) in [5.41, 5.74) is 2.84. The molecule has 19 heavy (non-hydrogen) atoms. The van der Waals surface area contributed by atoms with E-state index in [4.69, 9.17) is 4.74 Å². The van der Waals surface area contributed by atoms with Crippen LogP contribution in [0.4, 0.5) is 0 Å². The molecule has 0 spiro atoms. The van der Waals surface area contributed by atoms with Gasteiger partial charge in [0.25, 0.3) is 0 Å². The predicted molar refractivity (Wildman–Crippen MR) is 80.4 cm³/mol. The minimum atomic E-state index is 0.434. The topological polar surface area (TPSA) is 21.3 Å². The molecule has 2 unspecified atom stereocenters. The van der Waals surface area contributed by atoms with Gasteiger partial charge < -0.3 is 10.1 Å². The van der Waals surface area contributed by atoms with Gasteiger partial charge in [-0.15, -0.1) is 0 Å². The van der Waals surface area contributed by atoms with Crippen molar-refractivity contribution in [3.63, 3.8) is 0 Å². The number of ether oxygens (including phenoxy) is 1. The van der Waals surface area contributed by atoms with Gasteiger partial charge in [-0.3, -0.25) is 0 Å². The Kier molecular flexibility index (Phi) is 5.87. The zero-order chi connectivity index (χ0) is 13.5. The molecule has 0 amide bonds. The second-order valence-corrected chi connectivity index (χ2v) is 5.47. The summed E-state index contributed by atoms with van der Waals surface area (Å²) in [6, 6.07) is 9.56. The molecular formula is C17H27NO. The summed E-state index contributed by atoms with van der Waals surface area (Å²) in [6.45, 7) is 6.35. The first-order valence-corrected chi connectivity index (χ1v) is 7.77. The summed E-state index contributed by atoms with van der Waals surface area (Å²) in [7, 11) is 0. The Balaban J connectivity index is 2.00. The van der Waals surface area contributed by atoms with Gasteiger partial charge in [0.1, 0.15) is 0 Å². The summed E-state index contributed by atoms with van der Waals surface area (Å²) >= 11 is 0. The van der Waals surface area contributed by atoms with E-state index in [1.54, 1.807) is 0 Å². The first-order chi connectivity index (χ1) is 9.33. The highest BCUT2D eigenvalue weighted by atomic mass is 16.5. The Morgan fingerprint density at radius 2 is 2.05 bits per heavy atom. The van der Waals surface area contributed by atoms with Crippen molar-refractivity contribution < 1.29 is 4.74 Å². The van der Waals surface area contributed by atoms with E-state index in [9.17, 15) is 0 Å². The van der Waals surface area contributed by atoms with Gasteiger partial charge in [-0.2, -0.15) is 0 Å². The number of hydrogen-bond acceptors (Lipinski definition) is 2. The molecule has 1 aliphatic heterocycles. The molecule has 106 valence electrons. The Bertz CT molecular complexity index is 354. The van der Waals surface area contributed by atoms with E-state index in [2.05, 4.69) is 43.4 Å². The molecule has 1 N–H and O–H groups in total. The fourth-order valence-electron chi connectivity index (χ4n) is 2.88. The normalized spacial score (nSPS) is 20.6. The van der Waals surface area contributed by atoms with Crippen molar-refractivity contribution in [3.05, 3.63) is 35.4 Å². The average Bonchev–Trinajstić information content (AvgIpc) is 2.93. The lowest BCUT2D eigenvalue weighted by Crippen LogP contribution is -2.25. The van der Waals surface area contributed by atoms with Crippen molar-refractivity contribution in [2.75, 3.05) is 13.2 Å². The molecule has 1 saturated heterocycles. The monoisotopic (exact) mass is 261 g/mol. The number of nitrogens with one attached hydrogen (secondary N) is 1. The van der Waals surface area contributed by atoms with Crippen LogP contribution in [0.3, 0.4) is 0 Å². The Labute approximate surface area is 117 Å². The third-order valence-corrected chi connectivity index (χ3v) is 3.89. The molecule has 2 rings (SSSR count). The zero-order valence-electron chi connectivity index (χ0n) is 12.3. The van der Waals surface area contributed by atoms with Crippen LogP contribution >= 0.6 is 0 Å². The molecule has 0 bridgehead atoms. The second kappa shape index (κ2) is 7.66. The summed E-state index contributed by atoms with van der Waals surface area (Å²) in [6.07, 6.45) is 6.37. The van der Waals surface area contributed by atoms with Crippen molar-refractivity contribution in [3.8, 4) is 0 Å². The number of hydrogen-bond donors (Lipinski definition) is 1. The predicted octanol–water partition coefficient (Wildman–Crippen LogP) is 3.86. The molecule has 1 heterocycles. The lowest BCUT2D eigenvalue weighted by molar-refractivity contribution is 0.0947. The molecule has 0 radical (unpaired) electrons. The molecule has 0 aliphatic carbocycles. The first-order valence-electron chi connectivity index (χ1n) is 7.77. The first kappa shape index (κ1) is 14.5. The highest BCUT2D eigenvalue weighted by molar-refractivity contribution is 5.25. The molecular weight excluding hydrogens is 234 g/mol. The van der Waals surface area contributed by atoms with Gasteiger partial charge in [0.05, 0.1) is 6.10 Å². The second-order valence-electron chi connectivity index (χ2n) is 5.47. The average molecular weight is 261 g/mol. The lowest BCUT2D eigenvalue weighted by atomic mass is 9.97. The summed E-state index contributed by atoms with van der Waals surface area (Å²) in [5.74, 6) is 0. The van der Waals surface area contributed by atoms with Crippen molar-refractivity contribution in [1.29, 1.82) is 0 Å². The quantitative estimate of drug-likeness (QED) is 0.804. The van der Waals surface area contributed by atoms with E-state index < -0.39 is 0 Å². The molecule has 1 aromatic rings. The van der Waals surface area contributed by atoms with Gasteiger partial charge >= 0.3 is 0 Å².